The van der Waals surface area contributed by atoms with E-state index in [9.17, 15) is 0 Å². The molecule has 8 aromatic carbocycles. The molecule has 49 heavy (non-hydrogen) atoms. The summed E-state index contributed by atoms with van der Waals surface area (Å²) >= 11 is 3.77. The zero-order chi connectivity index (χ0) is 32.3. The van der Waals surface area contributed by atoms with Crippen molar-refractivity contribution in [2.75, 3.05) is 4.90 Å². The molecule has 0 atom stereocenters. The van der Waals surface area contributed by atoms with Crippen LogP contribution in [0, 0.1) is 0 Å². The number of thiophene rings is 2. The second kappa shape index (κ2) is 11.5. The van der Waals surface area contributed by atoms with E-state index in [0.29, 0.717) is 0 Å². The van der Waals surface area contributed by atoms with Gasteiger partial charge < -0.3 is 4.90 Å². The van der Waals surface area contributed by atoms with Crippen LogP contribution in [0.15, 0.2) is 176 Å². The molecule has 2 heterocycles. The number of hydrogen-bond acceptors (Lipinski definition) is 3. The molecule has 0 fully saturated rings. The van der Waals surface area contributed by atoms with Gasteiger partial charge in [-0.1, -0.05) is 133 Å². The zero-order valence-electron chi connectivity index (χ0n) is 26.5. The van der Waals surface area contributed by atoms with Gasteiger partial charge in [0.25, 0.3) is 0 Å². The molecule has 0 aliphatic rings. The van der Waals surface area contributed by atoms with E-state index in [1.54, 1.807) is 0 Å². The predicted molar refractivity (Wildman–Crippen MR) is 215 cm³/mol. The summed E-state index contributed by atoms with van der Waals surface area (Å²) in [5.41, 5.74) is 8.36. The van der Waals surface area contributed by atoms with Gasteiger partial charge in [0.1, 0.15) is 0 Å². The Morgan fingerprint density at radius 3 is 1.96 bits per heavy atom. The SMILES string of the molecule is c1ccc(-c2cccc(N(c3ccc(-c4cccc5c4sc4ccccc45)cc3)c3cccc4sc5c6ccccc6ccc5c34)c2)cc1. The number of nitrogens with zero attached hydrogens (tertiary/aromatic N) is 1. The fourth-order valence-corrected chi connectivity index (χ4v) is 9.87. The third-order valence-corrected chi connectivity index (χ3v) is 12.1. The van der Waals surface area contributed by atoms with Crippen molar-refractivity contribution in [3.05, 3.63) is 176 Å². The van der Waals surface area contributed by atoms with E-state index in [0.717, 1.165) is 11.4 Å². The summed E-state index contributed by atoms with van der Waals surface area (Å²) in [6.45, 7) is 0. The number of rotatable bonds is 5. The predicted octanol–water partition coefficient (Wildman–Crippen LogP) is 14.4. The van der Waals surface area contributed by atoms with Gasteiger partial charge in [0, 0.05) is 51.7 Å². The van der Waals surface area contributed by atoms with Crippen molar-refractivity contribution in [3.8, 4) is 22.3 Å². The standard InChI is InChI=1S/C46H29NS2/c1-2-11-30(12-3-1)33-14-8-15-35(29-33)47(41-20-10-22-43-44(41)40-28-25-31-13-4-5-16-36(31)46(40)49-43)34-26-23-32(24-27-34)37-18-9-19-39-38-17-6-7-21-42(38)48-45(37)39/h1-29H. The third kappa shape index (κ3) is 4.66. The Morgan fingerprint density at radius 2 is 1.06 bits per heavy atom. The summed E-state index contributed by atoms with van der Waals surface area (Å²) in [4.78, 5) is 2.44. The minimum absolute atomic E-state index is 1.13. The van der Waals surface area contributed by atoms with Crippen LogP contribution in [-0.2, 0) is 0 Å². The van der Waals surface area contributed by atoms with Crippen molar-refractivity contribution < 1.29 is 0 Å². The molecular formula is C46H29NS2. The van der Waals surface area contributed by atoms with Gasteiger partial charge in [-0.05, 0) is 75.5 Å². The van der Waals surface area contributed by atoms with E-state index in [2.05, 4.69) is 181 Å². The lowest BCUT2D eigenvalue weighted by molar-refractivity contribution is 1.30. The lowest BCUT2D eigenvalue weighted by Gasteiger charge is -2.27. The molecule has 0 amide bonds. The molecule has 230 valence electrons. The summed E-state index contributed by atoms with van der Waals surface area (Å²) in [6.07, 6.45) is 0. The monoisotopic (exact) mass is 659 g/mol. The highest BCUT2D eigenvalue weighted by Gasteiger charge is 2.20. The molecule has 0 spiro atoms. The van der Waals surface area contributed by atoms with Crippen molar-refractivity contribution in [3.63, 3.8) is 0 Å². The maximum absolute atomic E-state index is 2.44. The Morgan fingerprint density at radius 1 is 0.367 bits per heavy atom. The average Bonchev–Trinajstić information content (AvgIpc) is 3.75. The Bertz CT molecular complexity index is 2830. The van der Waals surface area contributed by atoms with Crippen LogP contribution in [0.2, 0.25) is 0 Å². The summed E-state index contributed by atoms with van der Waals surface area (Å²) in [5, 5.41) is 7.83. The van der Waals surface area contributed by atoms with Gasteiger partial charge >= 0.3 is 0 Å². The van der Waals surface area contributed by atoms with Crippen LogP contribution in [0.1, 0.15) is 0 Å². The molecule has 10 aromatic rings. The summed E-state index contributed by atoms with van der Waals surface area (Å²) in [7, 11) is 0. The summed E-state index contributed by atoms with van der Waals surface area (Å²) in [5.74, 6) is 0. The zero-order valence-corrected chi connectivity index (χ0v) is 28.1. The van der Waals surface area contributed by atoms with Gasteiger partial charge in [0.05, 0.1) is 5.69 Å². The van der Waals surface area contributed by atoms with Crippen molar-refractivity contribution in [2.45, 2.75) is 0 Å². The van der Waals surface area contributed by atoms with Crippen molar-refractivity contribution in [1.29, 1.82) is 0 Å². The first-order chi connectivity index (χ1) is 24.3. The highest BCUT2D eigenvalue weighted by Crippen LogP contribution is 2.47. The molecule has 0 N–H and O–H groups in total. The van der Waals surface area contributed by atoms with Crippen LogP contribution in [-0.4, -0.2) is 0 Å². The van der Waals surface area contributed by atoms with Crippen molar-refractivity contribution >= 4 is 90.9 Å². The summed E-state index contributed by atoms with van der Waals surface area (Å²) in [6, 6.07) is 64.3. The normalized spacial score (nSPS) is 11.7. The second-order valence-corrected chi connectivity index (χ2v) is 14.6. The van der Waals surface area contributed by atoms with Gasteiger partial charge in [-0.3, -0.25) is 0 Å². The van der Waals surface area contributed by atoms with Crippen molar-refractivity contribution in [1.82, 2.24) is 0 Å². The van der Waals surface area contributed by atoms with Crippen LogP contribution in [0.25, 0.3) is 73.4 Å². The topological polar surface area (TPSA) is 3.24 Å². The molecule has 1 nitrogen and oxygen atoms in total. The number of benzene rings is 8. The Labute approximate surface area is 292 Å². The van der Waals surface area contributed by atoms with E-state index in [4.69, 9.17) is 0 Å². The van der Waals surface area contributed by atoms with Crippen LogP contribution < -0.4 is 4.90 Å². The summed E-state index contributed by atoms with van der Waals surface area (Å²) < 4.78 is 5.30. The fraction of sp³-hybridized carbons (Fsp3) is 0. The molecule has 0 aliphatic carbocycles. The number of fused-ring (bicyclic) bond motifs is 8. The van der Waals surface area contributed by atoms with Gasteiger partial charge in [0.15, 0.2) is 0 Å². The molecule has 0 unspecified atom stereocenters. The van der Waals surface area contributed by atoms with Crippen LogP contribution in [0.4, 0.5) is 17.1 Å². The van der Waals surface area contributed by atoms with Crippen LogP contribution in [0.5, 0.6) is 0 Å². The molecule has 0 saturated carbocycles. The van der Waals surface area contributed by atoms with E-state index in [-0.39, 0.29) is 0 Å². The third-order valence-electron chi connectivity index (χ3n) is 9.66. The second-order valence-electron chi connectivity index (χ2n) is 12.5. The quantitative estimate of drug-likeness (QED) is 0.178. The van der Waals surface area contributed by atoms with Crippen LogP contribution in [0.3, 0.4) is 0 Å². The molecular weight excluding hydrogens is 631 g/mol. The molecule has 10 rings (SSSR count). The smallest absolute Gasteiger partial charge is 0.0554 e. The minimum Gasteiger partial charge on any atom is -0.310 e. The van der Waals surface area contributed by atoms with E-state index < -0.39 is 0 Å². The number of hydrogen-bond donors (Lipinski definition) is 0. The molecule has 0 saturated heterocycles. The van der Waals surface area contributed by atoms with Crippen molar-refractivity contribution in [2.24, 2.45) is 0 Å². The van der Waals surface area contributed by atoms with Gasteiger partial charge in [-0.2, -0.15) is 0 Å². The lowest BCUT2D eigenvalue weighted by atomic mass is 10.0. The maximum atomic E-state index is 2.44. The Balaban J connectivity index is 1.18. The molecule has 3 heteroatoms. The Hall–Kier alpha value is -5.74. The maximum Gasteiger partial charge on any atom is 0.0554 e. The Kier molecular flexibility index (Phi) is 6.61. The average molecular weight is 660 g/mol. The van der Waals surface area contributed by atoms with E-state index in [1.165, 1.54) is 79.1 Å². The van der Waals surface area contributed by atoms with Gasteiger partial charge in [-0.15, -0.1) is 22.7 Å². The largest absolute Gasteiger partial charge is 0.310 e. The van der Waals surface area contributed by atoms with Gasteiger partial charge in [-0.25, -0.2) is 0 Å². The lowest BCUT2D eigenvalue weighted by Crippen LogP contribution is -2.10. The molecule has 0 bridgehead atoms. The van der Waals surface area contributed by atoms with E-state index in [1.807, 2.05) is 22.7 Å². The first-order valence-electron chi connectivity index (χ1n) is 16.6. The molecule has 0 aliphatic heterocycles. The fourth-order valence-electron chi connectivity index (χ4n) is 7.37. The first kappa shape index (κ1) is 28.3. The molecule has 2 aromatic heterocycles. The van der Waals surface area contributed by atoms with E-state index >= 15 is 0 Å². The van der Waals surface area contributed by atoms with Gasteiger partial charge in [0.2, 0.25) is 0 Å². The number of anilines is 3. The highest BCUT2D eigenvalue weighted by atomic mass is 32.1. The minimum atomic E-state index is 1.13. The van der Waals surface area contributed by atoms with Crippen LogP contribution >= 0.6 is 22.7 Å². The highest BCUT2D eigenvalue weighted by molar-refractivity contribution is 7.27. The first-order valence-corrected chi connectivity index (χ1v) is 18.2. The molecule has 0 radical (unpaired) electrons.